The van der Waals surface area contributed by atoms with Crippen LogP contribution in [0.4, 0.5) is 11.4 Å². The maximum atomic E-state index is 11.5. The molecule has 2 aromatic carbocycles. The lowest BCUT2D eigenvalue weighted by molar-refractivity contribution is 0.560. The molecule has 0 radical (unpaired) electrons. The molecular formula is C17H12Cl2N2O2S. The number of benzene rings is 2. The number of anilines is 2. The van der Waals surface area contributed by atoms with Gasteiger partial charge in [0.25, 0.3) is 0 Å². The number of thiocarbonyl (C=S) groups is 1. The zero-order valence-corrected chi connectivity index (χ0v) is 14.9. The predicted octanol–water partition coefficient (Wildman–Crippen LogP) is 5.22. The highest BCUT2D eigenvalue weighted by Crippen LogP contribution is 2.26. The Balaban J connectivity index is 1.81. The Morgan fingerprint density at radius 3 is 2.62 bits per heavy atom. The molecule has 0 amide bonds. The van der Waals surface area contributed by atoms with Crippen molar-refractivity contribution >= 4 is 62.9 Å². The zero-order chi connectivity index (χ0) is 17.3. The summed E-state index contributed by atoms with van der Waals surface area (Å²) in [5, 5.41) is 8.26. The molecule has 1 aromatic heterocycles. The standard InChI is InChI=1S/C17H12Cl2N2O2S/c1-9-6-16(22)23-15-8-11(3-4-12(9)15)20-17(24)21-14-5-2-10(18)7-13(14)19/h2-8H,1H3,(H2,20,21,24). The molecule has 3 rings (SSSR count). The smallest absolute Gasteiger partial charge is 0.336 e. The average Bonchev–Trinajstić information content (AvgIpc) is 2.49. The van der Waals surface area contributed by atoms with Crippen LogP contribution in [0.15, 0.2) is 51.7 Å². The lowest BCUT2D eigenvalue weighted by Gasteiger charge is -2.12. The fourth-order valence-corrected chi connectivity index (χ4v) is 2.96. The van der Waals surface area contributed by atoms with E-state index >= 15 is 0 Å². The lowest BCUT2D eigenvalue weighted by Crippen LogP contribution is -2.19. The SMILES string of the molecule is Cc1cc(=O)oc2cc(NC(=S)Nc3ccc(Cl)cc3Cl)ccc12. The number of fused-ring (bicyclic) bond motifs is 1. The van der Waals surface area contributed by atoms with Crippen molar-refractivity contribution in [2.75, 3.05) is 10.6 Å². The van der Waals surface area contributed by atoms with E-state index in [2.05, 4.69) is 10.6 Å². The summed E-state index contributed by atoms with van der Waals surface area (Å²) < 4.78 is 5.22. The first-order valence-electron chi connectivity index (χ1n) is 7.00. The number of hydrogen-bond donors (Lipinski definition) is 2. The molecule has 0 unspecified atom stereocenters. The summed E-state index contributed by atoms with van der Waals surface area (Å²) in [5.74, 6) is 0. The molecule has 3 aromatic rings. The third kappa shape index (κ3) is 3.70. The van der Waals surface area contributed by atoms with E-state index in [0.717, 1.165) is 10.9 Å². The van der Waals surface area contributed by atoms with Crippen LogP contribution in [-0.4, -0.2) is 5.11 Å². The van der Waals surface area contributed by atoms with Crippen LogP contribution in [0.2, 0.25) is 10.0 Å². The van der Waals surface area contributed by atoms with Crippen molar-refractivity contribution in [2.24, 2.45) is 0 Å². The van der Waals surface area contributed by atoms with Crippen LogP contribution in [0.3, 0.4) is 0 Å². The van der Waals surface area contributed by atoms with Gasteiger partial charge in [0.15, 0.2) is 5.11 Å². The zero-order valence-electron chi connectivity index (χ0n) is 12.5. The highest BCUT2D eigenvalue weighted by atomic mass is 35.5. The molecule has 0 aliphatic carbocycles. The molecule has 122 valence electrons. The van der Waals surface area contributed by atoms with Gasteiger partial charge in [-0.05, 0) is 55.0 Å². The summed E-state index contributed by atoms with van der Waals surface area (Å²) in [7, 11) is 0. The maximum absolute atomic E-state index is 11.5. The fourth-order valence-electron chi connectivity index (χ4n) is 2.28. The molecule has 0 saturated carbocycles. The van der Waals surface area contributed by atoms with E-state index in [-0.39, 0.29) is 5.63 Å². The summed E-state index contributed by atoms with van der Waals surface area (Å²) in [6, 6.07) is 12.0. The van der Waals surface area contributed by atoms with Crippen molar-refractivity contribution in [3.8, 4) is 0 Å². The molecule has 0 aliphatic heterocycles. The van der Waals surface area contributed by atoms with Crippen LogP contribution in [-0.2, 0) is 0 Å². The van der Waals surface area contributed by atoms with E-state index in [4.69, 9.17) is 39.8 Å². The number of nitrogens with one attached hydrogen (secondary N) is 2. The monoisotopic (exact) mass is 378 g/mol. The fraction of sp³-hybridized carbons (Fsp3) is 0.0588. The molecule has 0 bridgehead atoms. The highest BCUT2D eigenvalue weighted by Gasteiger charge is 2.06. The minimum Gasteiger partial charge on any atom is -0.423 e. The van der Waals surface area contributed by atoms with Crippen molar-refractivity contribution in [2.45, 2.75) is 6.92 Å². The van der Waals surface area contributed by atoms with Crippen LogP contribution < -0.4 is 16.3 Å². The summed E-state index contributed by atoms with van der Waals surface area (Å²) in [6.45, 7) is 1.86. The van der Waals surface area contributed by atoms with Gasteiger partial charge in [-0.15, -0.1) is 0 Å². The maximum Gasteiger partial charge on any atom is 0.336 e. The molecule has 0 atom stereocenters. The second-order valence-electron chi connectivity index (χ2n) is 5.16. The molecule has 4 nitrogen and oxygen atoms in total. The Kier molecular flexibility index (Phi) is 4.76. The summed E-state index contributed by atoms with van der Waals surface area (Å²) >= 11 is 17.3. The minimum atomic E-state index is -0.384. The van der Waals surface area contributed by atoms with Gasteiger partial charge in [-0.25, -0.2) is 4.79 Å². The van der Waals surface area contributed by atoms with E-state index in [1.165, 1.54) is 6.07 Å². The molecule has 24 heavy (non-hydrogen) atoms. The first-order chi connectivity index (χ1) is 11.4. The number of hydrogen-bond acceptors (Lipinski definition) is 3. The van der Waals surface area contributed by atoms with Crippen LogP contribution in [0.1, 0.15) is 5.56 Å². The van der Waals surface area contributed by atoms with Gasteiger partial charge in [-0.1, -0.05) is 23.2 Å². The van der Waals surface area contributed by atoms with Gasteiger partial charge in [0.1, 0.15) is 5.58 Å². The van der Waals surface area contributed by atoms with E-state index in [1.807, 2.05) is 19.1 Å². The van der Waals surface area contributed by atoms with Gasteiger partial charge in [0.05, 0.1) is 10.7 Å². The highest BCUT2D eigenvalue weighted by molar-refractivity contribution is 7.80. The van der Waals surface area contributed by atoms with Crippen molar-refractivity contribution < 1.29 is 4.42 Å². The molecule has 0 spiro atoms. The van der Waals surface area contributed by atoms with Gasteiger partial charge in [-0.2, -0.15) is 0 Å². The van der Waals surface area contributed by atoms with Crippen molar-refractivity contribution in [3.63, 3.8) is 0 Å². The lowest BCUT2D eigenvalue weighted by atomic mass is 10.1. The van der Waals surface area contributed by atoms with Crippen molar-refractivity contribution in [1.82, 2.24) is 0 Å². The third-order valence-electron chi connectivity index (χ3n) is 3.39. The summed E-state index contributed by atoms with van der Waals surface area (Å²) in [6.07, 6.45) is 0. The number of aryl methyl sites for hydroxylation is 1. The van der Waals surface area contributed by atoms with E-state index in [0.29, 0.717) is 32.1 Å². The van der Waals surface area contributed by atoms with Crippen LogP contribution in [0.5, 0.6) is 0 Å². The third-order valence-corrected chi connectivity index (χ3v) is 4.14. The largest absolute Gasteiger partial charge is 0.423 e. The molecular weight excluding hydrogens is 367 g/mol. The second kappa shape index (κ2) is 6.81. The summed E-state index contributed by atoms with van der Waals surface area (Å²) in [5.41, 5.74) is 2.31. The predicted molar refractivity (Wildman–Crippen MR) is 104 cm³/mol. The van der Waals surface area contributed by atoms with Gasteiger partial charge >= 0.3 is 5.63 Å². The van der Waals surface area contributed by atoms with Gasteiger partial charge in [-0.3, -0.25) is 0 Å². The number of rotatable bonds is 2. The molecule has 0 saturated heterocycles. The molecule has 2 N–H and O–H groups in total. The Bertz CT molecular complexity index is 1000. The summed E-state index contributed by atoms with van der Waals surface area (Å²) in [4.78, 5) is 11.5. The molecule has 1 heterocycles. The number of halogens is 2. The molecule has 0 fully saturated rings. The van der Waals surface area contributed by atoms with Crippen molar-refractivity contribution in [1.29, 1.82) is 0 Å². The van der Waals surface area contributed by atoms with Crippen LogP contribution in [0, 0.1) is 6.92 Å². The van der Waals surface area contributed by atoms with Crippen molar-refractivity contribution in [3.05, 3.63) is 68.5 Å². The topological polar surface area (TPSA) is 54.3 Å². The normalized spacial score (nSPS) is 10.6. The van der Waals surface area contributed by atoms with Gasteiger partial charge in [0.2, 0.25) is 0 Å². The molecule has 0 aliphatic rings. The Labute approximate surface area is 153 Å². The van der Waals surface area contributed by atoms with E-state index < -0.39 is 0 Å². The first-order valence-corrected chi connectivity index (χ1v) is 8.16. The van der Waals surface area contributed by atoms with Gasteiger partial charge < -0.3 is 15.1 Å². The minimum absolute atomic E-state index is 0.355. The Morgan fingerprint density at radius 1 is 1.08 bits per heavy atom. The average molecular weight is 379 g/mol. The van der Waals surface area contributed by atoms with Gasteiger partial charge in [0, 0.05) is 28.2 Å². The Hall–Kier alpha value is -2.08. The van der Waals surface area contributed by atoms with Crippen LogP contribution >= 0.6 is 35.4 Å². The molecule has 7 heteroatoms. The second-order valence-corrected chi connectivity index (χ2v) is 6.41. The Morgan fingerprint density at radius 2 is 1.88 bits per heavy atom. The first kappa shape index (κ1) is 16.8. The van der Waals surface area contributed by atoms with Crippen LogP contribution in [0.25, 0.3) is 11.0 Å². The quantitative estimate of drug-likeness (QED) is 0.473. The van der Waals surface area contributed by atoms with E-state index in [9.17, 15) is 4.79 Å². The van der Waals surface area contributed by atoms with E-state index in [1.54, 1.807) is 24.3 Å².